The average molecular weight is 1440 g/mol. The van der Waals surface area contributed by atoms with E-state index >= 15 is 0 Å². The zero-order chi connectivity index (χ0) is 70.2. The molecule has 0 unspecified atom stereocenters. The van der Waals surface area contributed by atoms with E-state index in [1.54, 1.807) is 36.5 Å². The van der Waals surface area contributed by atoms with E-state index in [4.69, 9.17) is 61.3 Å². The number of thiophene rings is 3. The molecule has 0 atom stereocenters. The number of carbonyl (C=O) groups excluding carboxylic acids is 8. The van der Waals surface area contributed by atoms with Crippen molar-refractivity contribution in [2.45, 2.75) is 222 Å². The molecule has 9 rings (SSSR count). The molecule has 2 amide bonds. The average Bonchev–Trinajstić information content (AvgIpc) is 1.68. The Bertz CT molecular complexity index is 2760. The summed E-state index contributed by atoms with van der Waals surface area (Å²) in [6, 6.07) is 0. The van der Waals surface area contributed by atoms with Crippen LogP contribution in [0.3, 0.4) is 0 Å². The number of alkyl halides is 2. The lowest BCUT2D eigenvalue weighted by Gasteiger charge is -2.25. The van der Waals surface area contributed by atoms with Gasteiger partial charge in [-0.3, -0.25) is 24.1 Å². The number of amides is 2. The van der Waals surface area contributed by atoms with Gasteiger partial charge in [-0.1, -0.05) is 65.7 Å². The minimum absolute atomic E-state index is 0.0242. The first kappa shape index (κ1) is 86.4. The minimum Gasteiger partial charge on any atom is -0.462 e. The summed E-state index contributed by atoms with van der Waals surface area (Å²) < 4.78 is 19.9. The lowest BCUT2D eigenvalue weighted by molar-refractivity contribution is -0.140. The predicted molar refractivity (Wildman–Crippen MR) is 390 cm³/mol. The zero-order valence-corrected chi connectivity index (χ0v) is 62.6. The van der Waals surface area contributed by atoms with Gasteiger partial charge in [0.15, 0.2) is 0 Å². The Balaban J connectivity index is 0.000000395. The van der Waals surface area contributed by atoms with Crippen LogP contribution >= 0.6 is 68.8 Å². The van der Waals surface area contributed by atoms with Gasteiger partial charge in [0.25, 0.3) is 0 Å². The normalized spacial score (nSPS) is 15.6. The number of fused-ring (bicyclic) bond motifs is 3. The number of esters is 4. The van der Waals surface area contributed by atoms with Crippen molar-refractivity contribution >= 4 is 131 Å². The van der Waals surface area contributed by atoms with Gasteiger partial charge in [-0.15, -0.1) is 57.2 Å². The molecule has 19 nitrogen and oxygen atoms in total. The summed E-state index contributed by atoms with van der Waals surface area (Å²) in [4.78, 5) is 102. The largest absolute Gasteiger partial charge is 0.462 e. The monoisotopic (exact) mass is 1440 g/mol. The Hall–Kier alpha value is -4.70. The quantitative estimate of drug-likeness (QED) is 0.0187. The number of ether oxygens (including phenoxy) is 4. The van der Waals surface area contributed by atoms with E-state index in [0.717, 1.165) is 139 Å². The Labute approximate surface area is 593 Å². The van der Waals surface area contributed by atoms with Crippen molar-refractivity contribution in [1.29, 1.82) is 0 Å². The number of halogens is 3. The van der Waals surface area contributed by atoms with Crippen molar-refractivity contribution < 1.29 is 57.3 Å². The third-order valence-corrected chi connectivity index (χ3v) is 20.3. The van der Waals surface area contributed by atoms with Crippen molar-refractivity contribution in [1.82, 2.24) is 15.1 Å². The lowest BCUT2D eigenvalue weighted by Crippen LogP contribution is -2.36. The van der Waals surface area contributed by atoms with Gasteiger partial charge in [0, 0.05) is 27.5 Å². The van der Waals surface area contributed by atoms with Crippen molar-refractivity contribution in [3.8, 4) is 0 Å². The van der Waals surface area contributed by atoms with E-state index in [1.807, 2.05) is 13.8 Å². The molecule has 3 fully saturated rings. The molecule has 0 bridgehead atoms. The van der Waals surface area contributed by atoms with E-state index in [2.05, 4.69) is 56.1 Å². The minimum atomic E-state index is -0.508. The Morgan fingerprint density at radius 1 is 0.516 bits per heavy atom. The Morgan fingerprint density at radius 2 is 0.884 bits per heavy atom. The molecule has 0 radical (unpaired) electrons. The molecule has 536 valence electrons. The summed E-state index contributed by atoms with van der Waals surface area (Å²) in [6.07, 6.45) is 30.5. The molecular weight excluding hydrogens is 1330 g/mol. The van der Waals surface area contributed by atoms with Gasteiger partial charge in [0.2, 0.25) is 17.1 Å². The number of aryl methyl sites for hydroxylation is 3. The maximum Gasteiger partial charge on any atom is 0.387 e. The van der Waals surface area contributed by atoms with Gasteiger partial charge in [-0.25, -0.2) is 25.8 Å². The van der Waals surface area contributed by atoms with Crippen LogP contribution < -0.4 is 21.7 Å². The molecule has 3 aromatic heterocycles. The number of nitrogens with two attached hydrogens (primary N) is 1. The number of nitrogens with one attached hydrogen (secondary N) is 3. The highest BCUT2D eigenvalue weighted by atomic mass is 35.5. The summed E-state index contributed by atoms with van der Waals surface area (Å²) in [5.41, 5.74) is 11.0. The number of nitrogens with zero attached hydrogens (tertiary/aromatic N) is 3. The molecule has 2 aliphatic heterocycles. The summed E-state index contributed by atoms with van der Waals surface area (Å²) in [5.74, 6) is -1.40. The second kappa shape index (κ2) is 53.3. The van der Waals surface area contributed by atoms with Crippen LogP contribution in [-0.2, 0) is 81.4 Å². The molecule has 4 aliphatic carbocycles. The molecule has 1 saturated carbocycles. The number of ketones is 1. The maximum atomic E-state index is 12.5. The van der Waals surface area contributed by atoms with E-state index in [1.165, 1.54) is 123 Å². The van der Waals surface area contributed by atoms with E-state index in [0.29, 0.717) is 70.4 Å². The van der Waals surface area contributed by atoms with E-state index in [-0.39, 0.29) is 48.0 Å². The van der Waals surface area contributed by atoms with Crippen LogP contribution in [0.25, 0.3) is 4.85 Å². The highest BCUT2D eigenvalue weighted by molar-refractivity contribution is 7.17. The zero-order valence-electron chi connectivity index (χ0n) is 57.9. The predicted octanol–water partition coefficient (Wildman–Crippen LogP) is 15.2. The fourth-order valence-corrected chi connectivity index (χ4v) is 15.0. The topological polar surface area (TPSA) is 246 Å². The number of rotatable bonds is 17. The van der Waals surface area contributed by atoms with Gasteiger partial charge in [-0.05, 0) is 217 Å². The van der Waals surface area contributed by atoms with E-state index in [9.17, 15) is 38.4 Å². The van der Waals surface area contributed by atoms with Gasteiger partial charge in [-0.2, -0.15) is 0 Å². The number of Topliss-reactive ketones (excluding diaryl/α,β-unsaturated/α-hetero) is 1. The lowest BCUT2D eigenvalue weighted by atomic mass is 10.1. The highest BCUT2D eigenvalue weighted by Gasteiger charge is 2.29. The van der Waals surface area contributed by atoms with Gasteiger partial charge in [0.05, 0.1) is 55.5 Å². The van der Waals surface area contributed by atoms with Crippen LogP contribution in [0.2, 0.25) is 0 Å². The summed E-state index contributed by atoms with van der Waals surface area (Å²) in [6.45, 7) is 29.6. The number of hydrogen-bond acceptors (Lipinski definition) is 19. The second-order valence-electron chi connectivity index (χ2n) is 23.1. The number of anilines is 3. The van der Waals surface area contributed by atoms with Crippen LogP contribution in [0.5, 0.6) is 0 Å². The molecule has 3 aromatic rings. The molecule has 5 N–H and O–H groups in total. The van der Waals surface area contributed by atoms with Crippen molar-refractivity contribution in [3.63, 3.8) is 0 Å². The summed E-state index contributed by atoms with van der Waals surface area (Å²) in [5, 5.41) is 10.4. The van der Waals surface area contributed by atoms with Gasteiger partial charge < -0.3 is 50.4 Å². The van der Waals surface area contributed by atoms with Crippen LogP contribution in [0.15, 0.2) is 0 Å². The molecule has 2 saturated heterocycles. The van der Waals surface area contributed by atoms with Crippen molar-refractivity contribution in [3.05, 3.63) is 59.4 Å². The molecule has 95 heavy (non-hydrogen) atoms. The van der Waals surface area contributed by atoms with Crippen molar-refractivity contribution in [2.75, 3.05) is 113 Å². The first-order valence-electron chi connectivity index (χ1n) is 34.7. The molecule has 25 heteroatoms. The van der Waals surface area contributed by atoms with E-state index < -0.39 is 11.2 Å². The van der Waals surface area contributed by atoms with Crippen molar-refractivity contribution in [2.24, 2.45) is 0 Å². The van der Waals surface area contributed by atoms with Crippen LogP contribution in [0.1, 0.15) is 246 Å². The maximum absolute atomic E-state index is 12.5. The van der Waals surface area contributed by atoms with Gasteiger partial charge >= 0.3 is 30.4 Å². The molecule has 0 aromatic carbocycles. The van der Waals surface area contributed by atoms with Crippen LogP contribution in [0, 0.1) is 6.57 Å². The fourth-order valence-electron chi connectivity index (χ4n) is 11.2. The number of likely N-dealkylation sites (tertiary alicyclic amines) is 1. The first-order chi connectivity index (χ1) is 45.9. The van der Waals surface area contributed by atoms with Crippen LogP contribution in [0.4, 0.5) is 15.0 Å². The third-order valence-electron chi connectivity index (χ3n) is 16.0. The Kier molecular flexibility index (Phi) is 48.5. The smallest absolute Gasteiger partial charge is 0.387 e. The molecule has 0 spiro atoms. The summed E-state index contributed by atoms with van der Waals surface area (Å²) >= 11 is 19.7. The SMILES string of the molecule is C1CCNCC1.CCN(CC)CC.CCOC(=O)c1c(N)sc2c1CCCCC2.CCOC(=O)c1c(NC(=O)CCl)sc2c1CCCCC2.CCOC(=O)c1c(NC(=O)CN2CCCCC2)sc2c1CCCCC2.O=C(Cl)CCl.O=C1CCCCCC1.[C-]#[N+]CC(=O)OCC. The summed E-state index contributed by atoms with van der Waals surface area (Å²) in [7, 11) is 0. The second-order valence-corrected chi connectivity index (χ2v) is 27.4. The molecule has 5 heterocycles. The number of piperidine rings is 2. The number of carbonyl (C=O) groups is 8. The fraction of sp³-hybridized carbons (Fsp3) is 0.700. The molecular formula is C70H110Cl3N7O12S3. The third kappa shape index (κ3) is 35.1. The molecule has 6 aliphatic rings. The highest BCUT2D eigenvalue weighted by Crippen LogP contribution is 2.40. The Morgan fingerprint density at radius 3 is 1.25 bits per heavy atom. The van der Waals surface area contributed by atoms with Gasteiger partial charge in [0.1, 0.15) is 26.7 Å². The first-order valence-corrected chi connectivity index (χ1v) is 38.6. The van der Waals surface area contributed by atoms with Crippen LogP contribution in [-0.4, -0.2) is 154 Å². The standard InChI is InChI=1S/C19H28N2O3S.C14H18ClNO3S.C12H17NO2S.C7H12O.C6H15N.C5H7NO2.C5H11N.C2H2Cl2O/c1-2-24-19(23)17-14-9-5-3-6-10-15(14)25-18(17)20-16(22)13-21-11-7-4-8-12-21;1-2-19-14(18)12-9-6-4-3-5-7-10(9)20-13(12)16-11(17)8-15;1-2-15-12(14)10-8-6-4-3-5-7-9(8)16-11(10)13;8-7-5-3-1-2-4-6-7;1-4-7(5-2)6-3;1-3-8-5(7)4-6-2;1-2-4-6-5-3-1;3-1-2(4)5/h2-13H2,1H3,(H,20,22);2-8H2,1H3,(H,16,17);2-7,13H2,1H3;1-6H2;4-6H2,1-3H3;3-4H2,1H3;6H,1-5H2;1H2. The number of hydrogen-bond donors (Lipinski definition) is 4. The number of nitrogen functional groups attached to an aromatic ring is 1.